The first-order chi connectivity index (χ1) is 12.6. The molecule has 0 saturated carbocycles. The van der Waals surface area contributed by atoms with E-state index in [9.17, 15) is 4.79 Å². The van der Waals surface area contributed by atoms with Gasteiger partial charge in [0, 0.05) is 43.3 Å². The number of aromatic nitrogens is 2. The summed E-state index contributed by atoms with van der Waals surface area (Å²) >= 11 is 7.60. The van der Waals surface area contributed by atoms with Crippen LogP contribution in [0.25, 0.3) is 10.7 Å². The topological polar surface area (TPSA) is 58.6 Å². The number of thiazole rings is 1. The summed E-state index contributed by atoms with van der Waals surface area (Å²) in [4.78, 5) is 26.2. The summed E-state index contributed by atoms with van der Waals surface area (Å²) in [5.41, 5.74) is 1.10. The number of nitrogens with zero attached hydrogens (tertiary/aromatic N) is 4. The van der Waals surface area contributed by atoms with E-state index in [1.165, 1.54) is 11.3 Å². The number of rotatable bonds is 3. The van der Waals surface area contributed by atoms with Gasteiger partial charge in [0.25, 0.3) is 5.91 Å². The Kier molecular flexibility index (Phi) is 5.22. The van der Waals surface area contributed by atoms with Crippen LogP contribution in [0.4, 0.5) is 0 Å². The number of amides is 1. The van der Waals surface area contributed by atoms with Crippen LogP contribution < -0.4 is 0 Å². The Labute approximate surface area is 161 Å². The van der Waals surface area contributed by atoms with Gasteiger partial charge in [0.05, 0.1) is 18.2 Å². The molecule has 0 aliphatic carbocycles. The van der Waals surface area contributed by atoms with Gasteiger partial charge in [-0.3, -0.25) is 14.7 Å². The van der Waals surface area contributed by atoms with Gasteiger partial charge < -0.3 is 9.64 Å². The molecule has 0 bridgehead atoms. The Morgan fingerprint density at radius 3 is 2.92 bits per heavy atom. The van der Waals surface area contributed by atoms with Crippen LogP contribution >= 0.6 is 22.9 Å². The summed E-state index contributed by atoms with van der Waals surface area (Å²) in [5.74, 6) is -0.0113. The van der Waals surface area contributed by atoms with E-state index >= 15 is 0 Å². The molecule has 0 aromatic carbocycles. The van der Waals surface area contributed by atoms with Gasteiger partial charge in [-0.25, -0.2) is 4.98 Å². The lowest BCUT2D eigenvalue weighted by atomic mass is 10.1. The minimum Gasteiger partial charge on any atom is -0.379 e. The highest BCUT2D eigenvalue weighted by atomic mass is 35.5. The monoisotopic (exact) mass is 392 g/mol. The SMILES string of the molecule is C[C@@H]1[C@H](N2CCOCC2)CCN1C(=O)c1csc(-c2ncccc2Cl)n1. The van der Waals surface area contributed by atoms with Crippen LogP contribution in [0.5, 0.6) is 0 Å². The molecule has 4 heterocycles. The van der Waals surface area contributed by atoms with Crippen LogP contribution in [0, 0.1) is 0 Å². The molecule has 8 heteroatoms. The molecule has 0 N–H and O–H groups in total. The fraction of sp³-hybridized carbons (Fsp3) is 0.500. The smallest absolute Gasteiger partial charge is 0.273 e. The zero-order valence-electron chi connectivity index (χ0n) is 14.6. The molecule has 2 aliphatic rings. The number of likely N-dealkylation sites (tertiary alicyclic amines) is 1. The molecule has 26 heavy (non-hydrogen) atoms. The van der Waals surface area contributed by atoms with E-state index in [1.807, 2.05) is 4.90 Å². The van der Waals surface area contributed by atoms with Gasteiger partial charge in [-0.05, 0) is 25.5 Å². The number of ether oxygens (including phenoxy) is 1. The van der Waals surface area contributed by atoms with Crippen molar-refractivity contribution in [3.8, 4) is 10.7 Å². The predicted molar refractivity (Wildman–Crippen MR) is 102 cm³/mol. The molecule has 4 rings (SSSR count). The Balaban J connectivity index is 1.49. The summed E-state index contributed by atoms with van der Waals surface area (Å²) in [7, 11) is 0. The Morgan fingerprint density at radius 1 is 1.35 bits per heavy atom. The van der Waals surface area contributed by atoms with Crippen molar-refractivity contribution < 1.29 is 9.53 Å². The number of hydrogen-bond donors (Lipinski definition) is 0. The molecule has 6 nitrogen and oxygen atoms in total. The van der Waals surface area contributed by atoms with Gasteiger partial charge in [0.1, 0.15) is 16.4 Å². The van der Waals surface area contributed by atoms with E-state index in [0.717, 1.165) is 39.3 Å². The molecule has 138 valence electrons. The van der Waals surface area contributed by atoms with Crippen molar-refractivity contribution >= 4 is 28.8 Å². The second kappa shape index (κ2) is 7.60. The molecule has 2 aromatic heterocycles. The Bertz CT molecular complexity index is 793. The van der Waals surface area contributed by atoms with Crippen LogP contribution in [0.2, 0.25) is 5.02 Å². The lowest BCUT2D eigenvalue weighted by Crippen LogP contribution is -2.49. The normalized spacial score (nSPS) is 24.2. The summed E-state index contributed by atoms with van der Waals surface area (Å²) in [6, 6.07) is 4.13. The van der Waals surface area contributed by atoms with E-state index in [2.05, 4.69) is 21.8 Å². The van der Waals surface area contributed by atoms with Crippen molar-refractivity contribution in [3.05, 3.63) is 34.4 Å². The van der Waals surface area contributed by atoms with E-state index in [0.29, 0.717) is 27.5 Å². The van der Waals surface area contributed by atoms with Gasteiger partial charge in [0.2, 0.25) is 0 Å². The standard InChI is InChI=1S/C18H21ClN4O2S/c1-12-15(22-7-9-25-10-8-22)4-6-23(12)18(24)14-11-26-17(21-14)16-13(19)3-2-5-20-16/h2-3,5,11-12,15H,4,6-10H2,1H3/t12-,15-/m1/s1. The molecule has 2 atom stereocenters. The highest BCUT2D eigenvalue weighted by molar-refractivity contribution is 7.13. The number of hydrogen-bond acceptors (Lipinski definition) is 6. The van der Waals surface area contributed by atoms with Crippen LogP contribution in [0.15, 0.2) is 23.7 Å². The maximum atomic E-state index is 13.0. The number of morpholine rings is 1. The summed E-state index contributed by atoms with van der Waals surface area (Å²) < 4.78 is 5.45. The maximum Gasteiger partial charge on any atom is 0.273 e. The van der Waals surface area contributed by atoms with E-state index in [1.54, 1.807) is 23.7 Å². The maximum absolute atomic E-state index is 13.0. The molecule has 2 saturated heterocycles. The molecular weight excluding hydrogens is 372 g/mol. The minimum absolute atomic E-state index is 0.0113. The second-order valence-electron chi connectivity index (χ2n) is 6.62. The van der Waals surface area contributed by atoms with Crippen molar-refractivity contribution in [2.45, 2.75) is 25.4 Å². The predicted octanol–water partition coefficient (Wildman–Crippen LogP) is 2.79. The number of pyridine rings is 1. The van der Waals surface area contributed by atoms with Crippen molar-refractivity contribution in [2.75, 3.05) is 32.8 Å². The fourth-order valence-corrected chi connectivity index (χ4v) is 4.85. The van der Waals surface area contributed by atoms with Gasteiger partial charge in [-0.15, -0.1) is 11.3 Å². The number of halogens is 1. The first kappa shape index (κ1) is 17.9. The highest BCUT2D eigenvalue weighted by Crippen LogP contribution is 2.30. The summed E-state index contributed by atoms with van der Waals surface area (Å²) in [6.45, 7) is 6.33. The minimum atomic E-state index is -0.0113. The molecule has 2 fully saturated rings. The quantitative estimate of drug-likeness (QED) is 0.803. The third-order valence-electron chi connectivity index (χ3n) is 5.17. The van der Waals surface area contributed by atoms with Crippen molar-refractivity contribution in [1.82, 2.24) is 19.8 Å². The second-order valence-corrected chi connectivity index (χ2v) is 7.88. The Morgan fingerprint density at radius 2 is 2.15 bits per heavy atom. The average molecular weight is 393 g/mol. The molecule has 0 unspecified atom stereocenters. The molecule has 0 spiro atoms. The lowest BCUT2D eigenvalue weighted by Gasteiger charge is -2.35. The first-order valence-corrected chi connectivity index (χ1v) is 10.1. The summed E-state index contributed by atoms with van der Waals surface area (Å²) in [5, 5.41) is 3.02. The lowest BCUT2D eigenvalue weighted by molar-refractivity contribution is 0.0104. The van der Waals surface area contributed by atoms with Crippen LogP contribution in [-0.2, 0) is 4.74 Å². The van der Waals surface area contributed by atoms with Gasteiger partial charge >= 0.3 is 0 Å². The van der Waals surface area contributed by atoms with E-state index < -0.39 is 0 Å². The van der Waals surface area contributed by atoms with Gasteiger partial charge in [0.15, 0.2) is 0 Å². The van der Waals surface area contributed by atoms with E-state index in [4.69, 9.17) is 16.3 Å². The molecule has 2 aromatic rings. The average Bonchev–Trinajstić information content (AvgIpc) is 3.29. The molecule has 2 aliphatic heterocycles. The molecule has 0 radical (unpaired) electrons. The van der Waals surface area contributed by atoms with Crippen LogP contribution in [0.1, 0.15) is 23.8 Å². The van der Waals surface area contributed by atoms with Crippen molar-refractivity contribution in [2.24, 2.45) is 0 Å². The fourth-order valence-electron chi connectivity index (χ4n) is 3.78. The molecular formula is C18H21ClN4O2S. The third-order valence-corrected chi connectivity index (χ3v) is 6.33. The summed E-state index contributed by atoms with van der Waals surface area (Å²) in [6.07, 6.45) is 2.68. The third kappa shape index (κ3) is 3.36. The Hall–Kier alpha value is -1.54. The van der Waals surface area contributed by atoms with E-state index in [-0.39, 0.29) is 11.9 Å². The zero-order valence-corrected chi connectivity index (χ0v) is 16.2. The highest BCUT2D eigenvalue weighted by Gasteiger charge is 2.38. The number of carbonyl (C=O) groups excluding carboxylic acids is 1. The largest absolute Gasteiger partial charge is 0.379 e. The first-order valence-electron chi connectivity index (χ1n) is 8.84. The van der Waals surface area contributed by atoms with Crippen molar-refractivity contribution in [1.29, 1.82) is 0 Å². The zero-order chi connectivity index (χ0) is 18.1. The van der Waals surface area contributed by atoms with Gasteiger partial charge in [-0.2, -0.15) is 0 Å². The van der Waals surface area contributed by atoms with Gasteiger partial charge in [-0.1, -0.05) is 11.6 Å². The van der Waals surface area contributed by atoms with Crippen molar-refractivity contribution in [3.63, 3.8) is 0 Å². The molecule has 1 amide bonds. The van der Waals surface area contributed by atoms with Crippen LogP contribution in [0.3, 0.4) is 0 Å². The number of carbonyl (C=O) groups is 1. The van der Waals surface area contributed by atoms with Crippen LogP contribution in [-0.4, -0.2) is 70.6 Å².